The number of nitrogens with one attached hydrogen (secondary N) is 3. The predicted octanol–water partition coefficient (Wildman–Crippen LogP) is 0.370. The Morgan fingerprint density at radius 3 is 2.55 bits per heavy atom. The number of aromatic nitrogens is 1. The largest absolute Gasteiger partial charge is 0.337 e. The van der Waals surface area contributed by atoms with E-state index >= 15 is 0 Å². The molecule has 3 N–H and O–H groups in total. The number of hydrogen-bond acceptors (Lipinski definition) is 2. The van der Waals surface area contributed by atoms with E-state index in [1.807, 2.05) is 0 Å². The van der Waals surface area contributed by atoms with E-state index in [2.05, 4.69) is 37.4 Å². The van der Waals surface area contributed by atoms with Crippen molar-refractivity contribution in [1.29, 1.82) is 5.26 Å². The summed E-state index contributed by atoms with van der Waals surface area (Å²) in [6.07, 6.45) is 5.62. The van der Waals surface area contributed by atoms with E-state index in [1.54, 1.807) is 0 Å². The van der Waals surface area contributed by atoms with E-state index in [-0.39, 0.29) is 0 Å². The average Bonchev–Trinajstić information content (AvgIpc) is 2.45. The predicted molar refractivity (Wildman–Crippen MR) is 79.9 cm³/mol. The van der Waals surface area contributed by atoms with Gasteiger partial charge in [0.05, 0.1) is 14.1 Å². The van der Waals surface area contributed by atoms with Gasteiger partial charge in [0.25, 0.3) is 5.82 Å². The Hall–Kier alpha value is -1.60. The number of likely N-dealkylation sites (N-methyl/N-ethyl adjacent to an activating group) is 1. The van der Waals surface area contributed by atoms with Gasteiger partial charge in [-0.3, -0.25) is 5.32 Å². The van der Waals surface area contributed by atoms with Crippen molar-refractivity contribution < 1.29 is 9.88 Å². The summed E-state index contributed by atoms with van der Waals surface area (Å²) in [7, 11) is 4.28. The van der Waals surface area contributed by atoms with Crippen LogP contribution >= 0.6 is 0 Å². The Labute approximate surface area is 121 Å². The number of rotatable bonds is 5. The number of H-pyrrole nitrogens is 1. The molecule has 1 aliphatic carbocycles. The molecule has 108 valence electrons. The lowest BCUT2D eigenvalue weighted by Gasteiger charge is -2.19. The van der Waals surface area contributed by atoms with Crippen molar-refractivity contribution >= 4 is 5.82 Å². The van der Waals surface area contributed by atoms with Crippen molar-refractivity contribution in [2.45, 2.75) is 39.0 Å². The first-order valence-electron chi connectivity index (χ1n) is 7.70. The molecule has 1 aromatic rings. The summed E-state index contributed by atoms with van der Waals surface area (Å²) >= 11 is 0. The number of nitrogens with zero attached hydrogens (tertiary/aromatic N) is 1. The maximum absolute atomic E-state index is 9.53. The molecule has 1 aromatic heterocycles. The molecular weight excluding hydrogens is 248 g/mol. The van der Waals surface area contributed by atoms with Crippen LogP contribution in [0.3, 0.4) is 0 Å². The molecule has 0 saturated carbocycles. The molecule has 1 aliphatic rings. The second kappa shape index (κ2) is 6.71. The van der Waals surface area contributed by atoms with Crippen LogP contribution in [-0.2, 0) is 19.3 Å². The Balaban J connectivity index is 2.33. The number of anilines is 1. The van der Waals surface area contributed by atoms with Crippen molar-refractivity contribution in [3.63, 3.8) is 0 Å². The minimum Gasteiger partial charge on any atom is -0.337 e. The Morgan fingerprint density at radius 1 is 1.25 bits per heavy atom. The second-order valence-electron chi connectivity index (χ2n) is 5.87. The summed E-state index contributed by atoms with van der Waals surface area (Å²) in [5.74, 6) is 0.922. The Morgan fingerprint density at radius 2 is 1.95 bits per heavy atom. The van der Waals surface area contributed by atoms with E-state index < -0.39 is 0 Å². The highest BCUT2D eigenvalue weighted by atomic mass is 15.1. The van der Waals surface area contributed by atoms with Gasteiger partial charge in [-0.1, -0.05) is 6.92 Å². The highest BCUT2D eigenvalue weighted by Gasteiger charge is 2.24. The number of aromatic amines is 1. The molecule has 0 spiro atoms. The summed E-state index contributed by atoms with van der Waals surface area (Å²) in [5, 5.41) is 13.0. The summed E-state index contributed by atoms with van der Waals surface area (Å²) < 4.78 is 0. The molecule has 4 heteroatoms. The topological polar surface area (TPSA) is 54.4 Å². The molecule has 20 heavy (non-hydrogen) atoms. The molecule has 0 unspecified atom stereocenters. The molecular formula is C16H26N4+2. The van der Waals surface area contributed by atoms with Crippen LogP contribution in [0.2, 0.25) is 0 Å². The number of aryl methyl sites for hydroxylation is 1. The molecule has 4 nitrogen and oxygen atoms in total. The number of nitriles is 1. The number of hydrogen-bond donors (Lipinski definition) is 2. The molecule has 0 saturated heterocycles. The fourth-order valence-corrected chi connectivity index (χ4v) is 2.95. The lowest BCUT2D eigenvalue weighted by atomic mass is 9.87. The molecule has 0 bridgehead atoms. The van der Waals surface area contributed by atoms with Crippen LogP contribution in [0.25, 0.3) is 0 Å². The average molecular weight is 274 g/mol. The third-order valence-electron chi connectivity index (χ3n) is 4.05. The minimum absolute atomic E-state index is 0.839. The van der Waals surface area contributed by atoms with Gasteiger partial charge < -0.3 is 4.90 Å². The monoisotopic (exact) mass is 274 g/mol. The molecule has 0 fully saturated rings. The number of fused-ring (bicyclic) bond motifs is 1. The first-order valence-corrected chi connectivity index (χ1v) is 7.70. The lowest BCUT2D eigenvalue weighted by molar-refractivity contribution is -0.856. The first-order chi connectivity index (χ1) is 9.67. The van der Waals surface area contributed by atoms with Crippen LogP contribution in [0.1, 0.15) is 42.1 Å². The summed E-state index contributed by atoms with van der Waals surface area (Å²) in [6.45, 7) is 4.10. The van der Waals surface area contributed by atoms with Crippen molar-refractivity contribution in [2.24, 2.45) is 0 Å². The quantitative estimate of drug-likeness (QED) is 0.815. The van der Waals surface area contributed by atoms with Gasteiger partial charge in [-0.15, -0.1) is 0 Å². The van der Waals surface area contributed by atoms with Gasteiger partial charge in [0, 0.05) is 6.42 Å². The molecule has 2 rings (SSSR count). The van der Waals surface area contributed by atoms with E-state index in [9.17, 15) is 5.26 Å². The van der Waals surface area contributed by atoms with Gasteiger partial charge in [0.1, 0.15) is 30.4 Å². The van der Waals surface area contributed by atoms with Crippen LogP contribution in [0.5, 0.6) is 0 Å². The zero-order chi connectivity index (χ0) is 14.5. The van der Waals surface area contributed by atoms with E-state index in [1.165, 1.54) is 34.6 Å². The minimum atomic E-state index is 0.839. The lowest BCUT2D eigenvalue weighted by Crippen LogP contribution is -3.06. The van der Waals surface area contributed by atoms with Gasteiger partial charge in [0.15, 0.2) is 0 Å². The smallest absolute Gasteiger partial charge is 0.291 e. The molecule has 0 aromatic carbocycles. The highest BCUT2D eigenvalue weighted by molar-refractivity contribution is 5.56. The summed E-state index contributed by atoms with van der Waals surface area (Å²) in [6, 6.07) is 2.41. The molecule has 0 atom stereocenters. The van der Waals surface area contributed by atoms with Gasteiger partial charge >= 0.3 is 0 Å². The van der Waals surface area contributed by atoms with Crippen molar-refractivity contribution in [1.82, 2.24) is 0 Å². The molecule has 0 amide bonds. The van der Waals surface area contributed by atoms with Crippen LogP contribution in [0.15, 0.2) is 0 Å². The van der Waals surface area contributed by atoms with Crippen LogP contribution in [0, 0.1) is 11.3 Å². The van der Waals surface area contributed by atoms with Crippen LogP contribution in [0.4, 0.5) is 5.82 Å². The first kappa shape index (κ1) is 14.8. The third kappa shape index (κ3) is 3.10. The second-order valence-corrected chi connectivity index (χ2v) is 5.87. The molecule has 0 aliphatic heterocycles. The maximum Gasteiger partial charge on any atom is 0.291 e. The Kier molecular flexibility index (Phi) is 4.97. The Bertz CT molecular complexity index is 514. The van der Waals surface area contributed by atoms with E-state index in [0.717, 1.165) is 43.7 Å². The molecule has 1 heterocycles. The standard InChI is InChI=1S/C16H24N4/c1-4-15-13-8-6-5-7-12(13)14(11-17)16(19-15)18-9-10-20(2)3/h4-10H2,1-3H3,(H,18,19)/p+2. The van der Waals surface area contributed by atoms with E-state index in [4.69, 9.17) is 0 Å². The zero-order valence-corrected chi connectivity index (χ0v) is 12.9. The maximum atomic E-state index is 9.53. The summed E-state index contributed by atoms with van der Waals surface area (Å²) in [5.41, 5.74) is 4.83. The SMILES string of the molecule is CCc1[nH+]c(NCC[NH+](C)C)c(C#N)c2c1CCCC2. The van der Waals surface area contributed by atoms with Crippen LogP contribution < -0.4 is 15.2 Å². The van der Waals surface area contributed by atoms with Gasteiger partial charge in [-0.2, -0.15) is 5.26 Å². The third-order valence-corrected chi connectivity index (χ3v) is 4.05. The van der Waals surface area contributed by atoms with Gasteiger partial charge in [-0.05, 0) is 36.8 Å². The van der Waals surface area contributed by atoms with Crippen LogP contribution in [-0.4, -0.2) is 27.2 Å². The normalized spacial score (nSPS) is 13.9. The zero-order valence-electron chi connectivity index (χ0n) is 12.9. The molecule has 0 radical (unpaired) electrons. The number of quaternary nitrogens is 1. The van der Waals surface area contributed by atoms with Crippen molar-refractivity contribution in [3.8, 4) is 6.07 Å². The van der Waals surface area contributed by atoms with Crippen molar-refractivity contribution in [3.05, 3.63) is 22.4 Å². The van der Waals surface area contributed by atoms with Gasteiger partial charge in [0.2, 0.25) is 0 Å². The fourth-order valence-electron chi connectivity index (χ4n) is 2.95. The van der Waals surface area contributed by atoms with Crippen molar-refractivity contribution in [2.75, 3.05) is 32.5 Å². The van der Waals surface area contributed by atoms with Gasteiger partial charge in [-0.25, -0.2) is 4.98 Å². The highest BCUT2D eigenvalue weighted by Crippen LogP contribution is 2.28. The number of pyridine rings is 1. The fraction of sp³-hybridized carbons (Fsp3) is 0.625. The summed E-state index contributed by atoms with van der Waals surface area (Å²) in [4.78, 5) is 4.88. The van der Waals surface area contributed by atoms with E-state index in [0.29, 0.717) is 0 Å².